The number of allylic oxidation sites excluding steroid dienone is 1. The van der Waals surface area contributed by atoms with Gasteiger partial charge >= 0.3 is 5.97 Å². The van der Waals surface area contributed by atoms with E-state index in [9.17, 15) is 4.79 Å². The molecule has 0 aliphatic carbocycles. The molecular formula is C12H12N2O2. The summed E-state index contributed by atoms with van der Waals surface area (Å²) in [6, 6.07) is 5.47. The molecule has 4 heteroatoms. The normalized spacial score (nSPS) is 13.2. The molecule has 0 aliphatic heterocycles. The number of carbonyl (C=O) groups is 1. The Morgan fingerprint density at radius 2 is 2.50 bits per heavy atom. The third kappa shape index (κ3) is 2.45. The molecule has 0 saturated heterocycles. The number of hydrogen-bond acceptors (Lipinski definition) is 4. The van der Waals surface area contributed by atoms with Gasteiger partial charge in [0, 0.05) is 18.3 Å². The largest absolute Gasteiger partial charge is 0.468 e. The van der Waals surface area contributed by atoms with E-state index in [-0.39, 0.29) is 0 Å². The van der Waals surface area contributed by atoms with Crippen molar-refractivity contribution in [3.05, 3.63) is 42.7 Å². The highest BCUT2D eigenvalue weighted by Gasteiger charge is 2.28. The van der Waals surface area contributed by atoms with Gasteiger partial charge in [-0.1, -0.05) is 12.1 Å². The molecule has 0 bridgehead atoms. The van der Waals surface area contributed by atoms with Gasteiger partial charge in [0.1, 0.15) is 0 Å². The first kappa shape index (κ1) is 11.9. The molecule has 0 radical (unpaired) electrons. The molecule has 0 fully saturated rings. The molecular weight excluding hydrogens is 204 g/mol. The van der Waals surface area contributed by atoms with Gasteiger partial charge in [-0.25, -0.2) is 0 Å². The topological polar surface area (TPSA) is 63.0 Å². The molecule has 1 heterocycles. The van der Waals surface area contributed by atoms with Crippen LogP contribution in [0.4, 0.5) is 0 Å². The summed E-state index contributed by atoms with van der Waals surface area (Å²) in [5.74, 6) is -1.84. The number of nitriles is 1. The Morgan fingerprint density at radius 1 is 1.75 bits per heavy atom. The third-order valence-corrected chi connectivity index (χ3v) is 2.28. The second kappa shape index (κ2) is 5.66. The lowest BCUT2D eigenvalue weighted by Gasteiger charge is -2.16. The Hall–Kier alpha value is -2.15. The highest BCUT2D eigenvalue weighted by Crippen LogP contribution is 2.25. The molecule has 1 aromatic heterocycles. The average Bonchev–Trinajstić information content (AvgIpc) is 2.36. The summed E-state index contributed by atoms with van der Waals surface area (Å²) >= 11 is 0. The van der Waals surface area contributed by atoms with Crippen LogP contribution >= 0.6 is 0 Å². The average molecular weight is 216 g/mol. The lowest BCUT2D eigenvalue weighted by molar-refractivity contribution is -0.143. The van der Waals surface area contributed by atoms with Gasteiger partial charge in [0.25, 0.3) is 0 Å². The number of aromatic nitrogens is 1. The van der Waals surface area contributed by atoms with E-state index in [1.807, 2.05) is 6.07 Å². The van der Waals surface area contributed by atoms with E-state index in [1.165, 1.54) is 7.11 Å². The molecule has 16 heavy (non-hydrogen) atoms. The van der Waals surface area contributed by atoms with Gasteiger partial charge in [0.15, 0.2) is 5.92 Å². The van der Waals surface area contributed by atoms with Crippen LogP contribution < -0.4 is 0 Å². The monoisotopic (exact) mass is 216 g/mol. The SMILES string of the molecule is C=CC(c1cccnc1)C(C#N)C(=O)OC. The van der Waals surface area contributed by atoms with Gasteiger partial charge in [-0.15, -0.1) is 6.58 Å². The smallest absolute Gasteiger partial charge is 0.324 e. The van der Waals surface area contributed by atoms with Crippen molar-refractivity contribution >= 4 is 5.97 Å². The second-order valence-electron chi connectivity index (χ2n) is 3.18. The number of pyridine rings is 1. The zero-order valence-corrected chi connectivity index (χ0v) is 8.96. The summed E-state index contributed by atoms with van der Waals surface area (Å²) < 4.78 is 4.58. The summed E-state index contributed by atoms with van der Waals surface area (Å²) in [6.07, 6.45) is 4.80. The first-order chi connectivity index (χ1) is 7.74. The van der Waals surface area contributed by atoms with E-state index in [1.54, 1.807) is 30.6 Å². The molecule has 82 valence electrons. The summed E-state index contributed by atoms with van der Waals surface area (Å²) in [5, 5.41) is 8.97. The molecule has 1 aromatic rings. The maximum Gasteiger partial charge on any atom is 0.324 e. The van der Waals surface area contributed by atoms with E-state index < -0.39 is 17.8 Å². The molecule has 0 spiro atoms. The van der Waals surface area contributed by atoms with Crippen molar-refractivity contribution in [2.45, 2.75) is 5.92 Å². The zero-order chi connectivity index (χ0) is 12.0. The number of nitrogens with zero attached hydrogens (tertiary/aromatic N) is 2. The van der Waals surface area contributed by atoms with Gasteiger partial charge in [0.05, 0.1) is 13.2 Å². The van der Waals surface area contributed by atoms with Crippen molar-refractivity contribution in [2.75, 3.05) is 7.11 Å². The van der Waals surface area contributed by atoms with E-state index in [2.05, 4.69) is 16.3 Å². The lowest BCUT2D eigenvalue weighted by Crippen LogP contribution is -2.21. The van der Waals surface area contributed by atoms with Crippen molar-refractivity contribution < 1.29 is 9.53 Å². The molecule has 2 atom stereocenters. The van der Waals surface area contributed by atoms with Crippen molar-refractivity contribution in [3.63, 3.8) is 0 Å². The highest BCUT2D eigenvalue weighted by molar-refractivity contribution is 5.76. The van der Waals surface area contributed by atoms with Crippen molar-refractivity contribution in [1.29, 1.82) is 5.26 Å². The predicted molar refractivity (Wildman–Crippen MR) is 58.3 cm³/mol. The Morgan fingerprint density at radius 3 is 2.94 bits per heavy atom. The Balaban J connectivity index is 3.03. The Bertz CT molecular complexity index is 409. The lowest BCUT2D eigenvalue weighted by atomic mass is 9.88. The molecule has 2 unspecified atom stereocenters. The van der Waals surface area contributed by atoms with Crippen LogP contribution in [0, 0.1) is 17.2 Å². The molecule has 1 rings (SSSR count). The first-order valence-electron chi connectivity index (χ1n) is 4.74. The van der Waals surface area contributed by atoms with Crippen LogP contribution in [0.1, 0.15) is 11.5 Å². The molecule has 0 aromatic carbocycles. The van der Waals surface area contributed by atoms with Gasteiger partial charge in [-0.05, 0) is 11.6 Å². The van der Waals surface area contributed by atoms with Crippen molar-refractivity contribution in [2.24, 2.45) is 5.92 Å². The van der Waals surface area contributed by atoms with Crippen LogP contribution in [0.2, 0.25) is 0 Å². The third-order valence-electron chi connectivity index (χ3n) is 2.28. The quantitative estimate of drug-likeness (QED) is 0.567. The van der Waals surface area contributed by atoms with Crippen molar-refractivity contribution in [3.8, 4) is 6.07 Å². The van der Waals surface area contributed by atoms with Crippen LogP contribution in [0.25, 0.3) is 0 Å². The van der Waals surface area contributed by atoms with Gasteiger partial charge in [0.2, 0.25) is 0 Å². The predicted octanol–water partition coefficient (Wildman–Crippen LogP) is 1.66. The number of carbonyl (C=O) groups excluding carboxylic acids is 1. The number of ether oxygens (including phenoxy) is 1. The van der Waals surface area contributed by atoms with Gasteiger partial charge in [-0.2, -0.15) is 5.26 Å². The minimum atomic E-state index is -0.883. The molecule has 0 aliphatic rings. The maximum atomic E-state index is 11.4. The summed E-state index contributed by atoms with van der Waals surface area (Å²) in [6.45, 7) is 3.64. The summed E-state index contributed by atoms with van der Waals surface area (Å²) in [5.41, 5.74) is 0.773. The van der Waals surface area contributed by atoms with Crippen LogP contribution in [0.5, 0.6) is 0 Å². The second-order valence-corrected chi connectivity index (χ2v) is 3.18. The minimum Gasteiger partial charge on any atom is -0.468 e. The van der Waals surface area contributed by atoms with Crippen LogP contribution in [-0.2, 0) is 9.53 Å². The fourth-order valence-electron chi connectivity index (χ4n) is 1.44. The fraction of sp³-hybridized carbons (Fsp3) is 0.250. The van der Waals surface area contributed by atoms with Crippen molar-refractivity contribution in [1.82, 2.24) is 4.98 Å². The van der Waals surface area contributed by atoms with E-state index >= 15 is 0 Å². The molecule has 0 amide bonds. The number of esters is 1. The van der Waals surface area contributed by atoms with Crippen LogP contribution in [-0.4, -0.2) is 18.1 Å². The Labute approximate surface area is 94.2 Å². The van der Waals surface area contributed by atoms with E-state index in [0.29, 0.717) is 0 Å². The van der Waals surface area contributed by atoms with Crippen LogP contribution in [0.15, 0.2) is 37.2 Å². The van der Waals surface area contributed by atoms with E-state index in [0.717, 1.165) is 5.56 Å². The summed E-state index contributed by atoms with van der Waals surface area (Å²) in [7, 11) is 1.26. The molecule has 0 saturated carbocycles. The number of methoxy groups -OCH3 is 1. The zero-order valence-electron chi connectivity index (χ0n) is 8.96. The first-order valence-corrected chi connectivity index (χ1v) is 4.74. The standard InChI is InChI=1S/C12H12N2O2/c1-3-10(9-5-4-6-14-8-9)11(7-13)12(15)16-2/h3-6,8,10-11H,1H2,2H3. The number of hydrogen-bond donors (Lipinski definition) is 0. The molecule has 0 N–H and O–H groups in total. The Kier molecular flexibility index (Phi) is 4.22. The molecule has 4 nitrogen and oxygen atoms in total. The fourth-order valence-corrected chi connectivity index (χ4v) is 1.44. The van der Waals surface area contributed by atoms with Gasteiger partial charge in [-0.3, -0.25) is 9.78 Å². The minimum absolute atomic E-state index is 0.397. The summed E-state index contributed by atoms with van der Waals surface area (Å²) in [4.78, 5) is 15.3. The van der Waals surface area contributed by atoms with E-state index in [4.69, 9.17) is 5.26 Å². The van der Waals surface area contributed by atoms with Crippen LogP contribution in [0.3, 0.4) is 0 Å². The number of rotatable bonds is 4. The van der Waals surface area contributed by atoms with Gasteiger partial charge < -0.3 is 4.74 Å². The maximum absolute atomic E-state index is 11.4. The highest BCUT2D eigenvalue weighted by atomic mass is 16.5.